The van der Waals surface area contributed by atoms with Crippen molar-refractivity contribution in [3.63, 3.8) is 0 Å². The molecule has 0 spiro atoms. The molecule has 38 heavy (non-hydrogen) atoms. The summed E-state index contributed by atoms with van der Waals surface area (Å²) < 4.78 is 1.25. The molecule has 2 aromatic heterocycles. The molecular weight excluding hydrogens is 582 g/mol. The van der Waals surface area contributed by atoms with Crippen molar-refractivity contribution in [3.05, 3.63) is 43.1 Å². The van der Waals surface area contributed by atoms with E-state index in [0.29, 0.717) is 5.57 Å². The van der Waals surface area contributed by atoms with Crippen LogP contribution in [0.15, 0.2) is 36.6 Å². The number of aromatic nitrogens is 4. The van der Waals surface area contributed by atoms with Gasteiger partial charge in [-0.15, -0.1) is 23.1 Å². The maximum Gasteiger partial charge on any atom is 1.00 e. The molecule has 0 saturated carbocycles. The van der Waals surface area contributed by atoms with Gasteiger partial charge in [-0.05, 0) is 5.57 Å². The van der Waals surface area contributed by atoms with Gasteiger partial charge < -0.3 is 21.0 Å². The smallest absolute Gasteiger partial charge is 0.477 e. The van der Waals surface area contributed by atoms with Crippen LogP contribution in [0.3, 0.4) is 0 Å². The Hall–Kier alpha value is -1.64. The van der Waals surface area contributed by atoms with Crippen LogP contribution in [0.2, 0.25) is 0 Å². The summed E-state index contributed by atoms with van der Waals surface area (Å²) >= 11 is 3.41. The van der Waals surface area contributed by atoms with Crippen molar-refractivity contribution in [3.8, 4) is 0 Å². The van der Waals surface area contributed by atoms with E-state index < -0.39 is 40.3 Å². The third-order valence-corrected chi connectivity index (χ3v) is 8.15. The van der Waals surface area contributed by atoms with Gasteiger partial charge in [0.05, 0.1) is 0 Å². The van der Waals surface area contributed by atoms with Gasteiger partial charge in [0.2, 0.25) is 0 Å². The first-order valence-electron chi connectivity index (χ1n) is 9.96. The van der Waals surface area contributed by atoms with E-state index in [9.17, 15) is 29.1 Å². The zero-order chi connectivity index (χ0) is 26.1. The van der Waals surface area contributed by atoms with Crippen molar-refractivity contribution < 1.29 is 83.4 Å². The van der Waals surface area contributed by atoms with Crippen molar-refractivity contribution in [2.45, 2.75) is 16.6 Å². The number of thiazole rings is 1. The second kappa shape index (κ2) is 13.6. The van der Waals surface area contributed by atoms with E-state index in [1.807, 2.05) is 0 Å². The summed E-state index contributed by atoms with van der Waals surface area (Å²) in [6, 6.07) is -0.995. The Morgan fingerprint density at radius 2 is 2.05 bits per heavy atom. The minimum atomic E-state index is -1.31. The van der Waals surface area contributed by atoms with Gasteiger partial charge >= 0.3 is 76.2 Å². The van der Waals surface area contributed by atoms with Crippen LogP contribution in [-0.4, -0.2) is 83.3 Å². The number of hydrogen-bond donors (Lipinski definition) is 4. The third kappa shape index (κ3) is 6.56. The van der Waals surface area contributed by atoms with E-state index in [-0.39, 0.29) is 98.0 Å². The fraction of sp³-hybridized carbons (Fsp3) is 0.333. The van der Waals surface area contributed by atoms with Crippen LogP contribution < -0.4 is 81.3 Å². The molecule has 0 radical (unpaired) electrons. The number of β-lactam (4-membered cyclic amide) rings is 1. The van der Waals surface area contributed by atoms with E-state index in [2.05, 4.69) is 25.5 Å². The quantitative estimate of drug-likeness (QED) is 0.0555. The Morgan fingerprint density at radius 3 is 2.66 bits per heavy atom. The summed E-state index contributed by atoms with van der Waals surface area (Å²) in [6.07, 6.45) is 0. The van der Waals surface area contributed by atoms with Crippen LogP contribution in [0.25, 0.3) is 0 Å². The normalized spacial score (nSPS) is 18.5. The number of aliphatic carboxylic acids is 1. The van der Waals surface area contributed by atoms with Crippen molar-refractivity contribution in [1.82, 2.24) is 30.0 Å². The molecule has 0 aliphatic carbocycles. The molecule has 4 rings (SSSR count). The summed E-state index contributed by atoms with van der Waals surface area (Å²) in [5, 5.41) is 19.6. The van der Waals surface area contributed by atoms with Gasteiger partial charge in [-0.1, -0.05) is 16.9 Å². The van der Waals surface area contributed by atoms with Crippen molar-refractivity contribution >= 4 is 63.5 Å². The number of fused-ring (bicyclic) bond motifs is 1. The second-order valence-corrected chi connectivity index (χ2v) is 10.2. The van der Waals surface area contributed by atoms with Crippen LogP contribution in [0.4, 0.5) is 5.13 Å². The molecule has 2 aliphatic rings. The van der Waals surface area contributed by atoms with Crippen LogP contribution in [0.5, 0.6) is 0 Å². The van der Waals surface area contributed by atoms with Crippen LogP contribution in [0.1, 0.15) is 5.69 Å². The van der Waals surface area contributed by atoms with Gasteiger partial charge in [0.15, 0.2) is 16.0 Å². The van der Waals surface area contributed by atoms with Gasteiger partial charge in [0.1, 0.15) is 29.9 Å². The number of oxime groups is 1. The first-order valence-corrected chi connectivity index (χ1v) is 12.9. The zero-order valence-electron chi connectivity index (χ0n) is 20.6. The maximum atomic E-state index is 12.9. The predicted octanol–water partition coefficient (Wildman–Crippen LogP) is -7.60. The molecule has 0 unspecified atom stereocenters. The van der Waals surface area contributed by atoms with Gasteiger partial charge in [0, 0.05) is 23.9 Å². The topological polar surface area (TPSA) is 215 Å². The minimum Gasteiger partial charge on any atom is -0.477 e. The molecule has 5 N–H and O–H groups in total. The molecule has 4 heterocycles. The largest absolute Gasteiger partial charge is 1.00 e. The molecule has 2 aromatic rings. The number of hydrogen-bond acceptors (Lipinski definition) is 13. The Morgan fingerprint density at radius 1 is 1.34 bits per heavy atom. The molecule has 2 atom stereocenters. The number of thioether (sulfide) groups is 2. The van der Waals surface area contributed by atoms with Gasteiger partial charge in [-0.25, -0.2) is 9.78 Å². The first kappa shape index (κ1) is 32.6. The Bertz CT molecular complexity index is 1440. The molecule has 2 aliphatic heterocycles. The number of amides is 2. The molecule has 1 saturated heterocycles. The number of rotatable bonds is 8. The number of carbonyl (C=O) groups excluding carboxylic acids is 2. The Kier molecular flexibility index (Phi) is 11.7. The van der Waals surface area contributed by atoms with Crippen molar-refractivity contribution in [2.24, 2.45) is 12.2 Å². The summed E-state index contributed by atoms with van der Waals surface area (Å²) in [5.74, 6) is -2.30. The summed E-state index contributed by atoms with van der Waals surface area (Å²) in [7, 11) is 2.74. The number of H-pyrrole nitrogens is 1. The third-order valence-electron chi connectivity index (χ3n) is 5.02. The number of aryl methyl sites for hydroxylation is 1. The molecule has 1 fully saturated rings. The number of nitrogens with two attached hydrogens (primary N) is 1. The average Bonchev–Trinajstić information content (AvgIpc) is 3.27. The second-order valence-electron chi connectivity index (χ2n) is 7.30. The number of nitrogen functional groups attached to an aromatic ring is 1. The Labute approximate surface area is 270 Å². The fourth-order valence-corrected chi connectivity index (χ4v) is 6.39. The Balaban J connectivity index is 0.00000253. The fourth-order valence-electron chi connectivity index (χ4n) is 3.44. The average molecular weight is 601 g/mol. The first-order chi connectivity index (χ1) is 17.1. The van der Waals surface area contributed by atoms with Crippen LogP contribution >= 0.6 is 34.9 Å². The molecule has 2 amide bonds. The number of carboxylic acids is 1. The molecule has 0 aromatic carbocycles. The van der Waals surface area contributed by atoms with Crippen LogP contribution in [0, 0.1) is 0 Å². The SMILES string of the molecule is CO/N=C(\C(=O)N[C@@H]1C(=O)N2C(C(=O)O)=C(CSc3nc(=O)c(=O)[nH]n3C)CS[C@H]12)c1csc(N)n1.[Na+].[Na+]. The number of nitrogens with one attached hydrogen (secondary N) is 2. The number of carbonyl (C=O) groups is 3. The molecular formula is C18H18N8Na2O7S3+2. The summed E-state index contributed by atoms with van der Waals surface area (Å²) in [6.45, 7) is 0. The van der Waals surface area contributed by atoms with Crippen LogP contribution in [-0.2, 0) is 26.3 Å². The van der Waals surface area contributed by atoms with E-state index in [1.54, 1.807) is 0 Å². The standard InChI is InChI=1S/C18H18N8O7S3.2Na/c1-25-18(22-12(28)13(29)23-25)36-4-6-3-34-15-9(14(30)26(15)10(6)16(31)32)21-11(27)8(24-33-2)7-5-35-17(19)20-7;;/h5,9,15H,3-4H2,1-2H3,(H2,19,20)(H,21,27)(H,23,29)(H,31,32);;/q;2*+1/b24-8-;;/t9-,15-;;/m1../s1. The van der Waals surface area contributed by atoms with E-state index in [0.717, 1.165) is 28.0 Å². The summed E-state index contributed by atoms with van der Waals surface area (Å²) in [5.41, 5.74) is 4.00. The van der Waals surface area contributed by atoms with Gasteiger partial charge in [-0.2, -0.15) is 4.98 Å². The molecule has 20 heteroatoms. The predicted molar refractivity (Wildman–Crippen MR) is 131 cm³/mol. The summed E-state index contributed by atoms with van der Waals surface area (Å²) in [4.78, 5) is 74.3. The zero-order valence-corrected chi connectivity index (χ0v) is 27.0. The van der Waals surface area contributed by atoms with E-state index in [4.69, 9.17) is 10.6 Å². The van der Waals surface area contributed by atoms with E-state index in [1.165, 1.54) is 36.0 Å². The van der Waals surface area contributed by atoms with Crippen molar-refractivity contribution in [1.29, 1.82) is 0 Å². The van der Waals surface area contributed by atoms with Crippen molar-refractivity contribution in [2.75, 3.05) is 24.3 Å². The maximum absolute atomic E-state index is 12.9. The number of anilines is 1. The van der Waals surface area contributed by atoms with Gasteiger partial charge in [-0.3, -0.25) is 33.9 Å². The molecule has 15 nitrogen and oxygen atoms in total. The molecule has 190 valence electrons. The number of carboxylic acid groups (broad SMARTS) is 1. The molecule has 0 bridgehead atoms. The minimum absolute atomic E-state index is 0. The number of aromatic amines is 1. The monoisotopic (exact) mass is 600 g/mol. The van der Waals surface area contributed by atoms with Gasteiger partial charge in [0.25, 0.3) is 11.8 Å². The van der Waals surface area contributed by atoms with E-state index >= 15 is 0 Å². The number of nitrogens with zero attached hydrogens (tertiary/aromatic N) is 5.